The van der Waals surface area contributed by atoms with Gasteiger partial charge in [-0.05, 0) is 41.6 Å². The number of rotatable bonds is 5. The minimum Gasteiger partial charge on any atom is -0.475 e. The van der Waals surface area contributed by atoms with Crippen LogP contribution in [0.1, 0.15) is 33.4 Å². The first-order valence-corrected chi connectivity index (χ1v) is 10.9. The lowest BCUT2D eigenvalue weighted by Crippen LogP contribution is -2.31. The van der Waals surface area contributed by atoms with Gasteiger partial charge in [0.1, 0.15) is 0 Å². The van der Waals surface area contributed by atoms with Gasteiger partial charge in [0.15, 0.2) is 5.69 Å². The molecule has 0 fully saturated rings. The lowest BCUT2D eigenvalue weighted by Gasteiger charge is -2.28. The SMILES string of the molecule is CCN1CCc2c(cccc2NC(=O)c2cn(Cc3cccs3)nn2)C1.O=C(O)C(F)(F)F. The van der Waals surface area contributed by atoms with E-state index in [1.165, 1.54) is 16.0 Å². The fourth-order valence-corrected chi connectivity index (χ4v) is 3.98. The van der Waals surface area contributed by atoms with E-state index in [-0.39, 0.29) is 5.91 Å². The second-order valence-corrected chi connectivity index (χ2v) is 8.23. The number of hydrogen-bond donors (Lipinski definition) is 2. The van der Waals surface area contributed by atoms with Crippen LogP contribution in [0.25, 0.3) is 0 Å². The van der Waals surface area contributed by atoms with Crippen LogP contribution in [0.5, 0.6) is 0 Å². The lowest BCUT2D eigenvalue weighted by atomic mass is 9.97. The Hall–Kier alpha value is -3.25. The van der Waals surface area contributed by atoms with Gasteiger partial charge in [0, 0.05) is 23.7 Å². The molecule has 1 amide bonds. The van der Waals surface area contributed by atoms with Crippen LogP contribution in [-0.2, 0) is 24.3 Å². The number of anilines is 1. The van der Waals surface area contributed by atoms with Crippen molar-refractivity contribution < 1.29 is 27.9 Å². The highest BCUT2D eigenvalue weighted by Crippen LogP contribution is 2.26. The number of nitrogens with zero attached hydrogens (tertiary/aromatic N) is 4. The van der Waals surface area contributed by atoms with Crippen molar-refractivity contribution in [1.82, 2.24) is 19.9 Å². The van der Waals surface area contributed by atoms with Gasteiger partial charge in [-0.1, -0.05) is 30.3 Å². The van der Waals surface area contributed by atoms with Crippen LogP contribution in [0.15, 0.2) is 41.9 Å². The van der Waals surface area contributed by atoms with E-state index in [1.807, 2.05) is 29.6 Å². The molecule has 3 aromatic rings. The molecule has 0 unspecified atom stereocenters. The van der Waals surface area contributed by atoms with Gasteiger partial charge >= 0.3 is 12.1 Å². The molecule has 1 aromatic carbocycles. The van der Waals surface area contributed by atoms with Crippen LogP contribution in [0.3, 0.4) is 0 Å². The second kappa shape index (κ2) is 10.6. The predicted octanol–water partition coefficient (Wildman–Crippen LogP) is 3.65. The Morgan fingerprint density at radius 3 is 2.64 bits per heavy atom. The normalized spacial score (nSPS) is 13.6. The third-order valence-corrected chi connectivity index (χ3v) is 5.81. The molecule has 3 heterocycles. The zero-order valence-corrected chi connectivity index (χ0v) is 18.5. The van der Waals surface area contributed by atoms with E-state index in [4.69, 9.17) is 9.90 Å². The van der Waals surface area contributed by atoms with Crippen molar-refractivity contribution in [3.8, 4) is 0 Å². The maximum absolute atomic E-state index is 12.6. The van der Waals surface area contributed by atoms with Gasteiger partial charge in [-0.15, -0.1) is 16.4 Å². The van der Waals surface area contributed by atoms with Gasteiger partial charge in [-0.2, -0.15) is 13.2 Å². The molecule has 176 valence electrons. The Kier molecular flexibility index (Phi) is 7.82. The first-order chi connectivity index (χ1) is 15.7. The fraction of sp³-hybridized carbons (Fsp3) is 0.333. The summed E-state index contributed by atoms with van der Waals surface area (Å²) in [6.45, 7) is 5.81. The molecule has 8 nitrogen and oxygen atoms in total. The number of thiophene rings is 1. The first-order valence-electron chi connectivity index (χ1n) is 10.0. The zero-order valence-electron chi connectivity index (χ0n) is 17.7. The maximum atomic E-state index is 12.6. The monoisotopic (exact) mass is 481 g/mol. The number of carbonyl (C=O) groups is 2. The van der Waals surface area contributed by atoms with Crippen LogP contribution in [-0.4, -0.2) is 56.1 Å². The minimum atomic E-state index is -5.08. The van der Waals surface area contributed by atoms with E-state index in [9.17, 15) is 18.0 Å². The summed E-state index contributed by atoms with van der Waals surface area (Å²) in [5, 5.41) is 20.3. The number of likely N-dealkylation sites (N-methyl/N-ethyl adjacent to an activating group) is 1. The van der Waals surface area contributed by atoms with Crippen LogP contribution in [0.2, 0.25) is 0 Å². The Labute approximate surface area is 191 Å². The first kappa shape index (κ1) is 24.4. The summed E-state index contributed by atoms with van der Waals surface area (Å²) in [6.07, 6.45) is -2.44. The molecule has 0 radical (unpaired) electrons. The number of carboxylic acid groups (broad SMARTS) is 1. The van der Waals surface area contributed by atoms with Crippen LogP contribution >= 0.6 is 11.3 Å². The van der Waals surface area contributed by atoms with E-state index in [2.05, 4.69) is 33.5 Å². The van der Waals surface area contributed by atoms with Crippen molar-refractivity contribution >= 4 is 28.9 Å². The number of alkyl halides is 3. The number of benzene rings is 1. The topological polar surface area (TPSA) is 100 Å². The molecule has 0 spiro atoms. The number of fused-ring (bicyclic) bond motifs is 1. The van der Waals surface area contributed by atoms with Gasteiger partial charge in [0.2, 0.25) is 0 Å². The summed E-state index contributed by atoms with van der Waals surface area (Å²) in [6, 6.07) is 10.2. The highest BCUT2D eigenvalue weighted by atomic mass is 32.1. The number of aromatic nitrogens is 3. The van der Waals surface area contributed by atoms with Crippen LogP contribution in [0, 0.1) is 0 Å². The van der Waals surface area contributed by atoms with Gasteiger partial charge < -0.3 is 10.4 Å². The van der Waals surface area contributed by atoms with Gasteiger partial charge in [-0.25, -0.2) is 9.48 Å². The zero-order chi connectivity index (χ0) is 24.0. The summed E-state index contributed by atoms with van der Waals surface area (Å²) >= 11 is 1.66. The molecular weight excluding hydrogens is 459 g/mol. The van der Waals surface area contributed by atoms with E-state index in [1.54, 1.807) is 22.2 Å². The summed E-state index contributed by atoms with van der Waals surface area (Å²) in [5.41, 5.74) is 3.75. The average Bonchev–Trinajstić information content (AvgIpc) is 3.46. The molecule has 1 aliphatic rings. The van der Waals surface area contributed by atoms with Gasteiger partial charge in [0.05, 0.1) is 12.7 Å². The summed E-state index contributed by atoms with van der Waals surface area (Å²) in [7, 11) is 0. The Bertz CT molecular complexity index is 1100. The Morgan fingerprint density at radius 1 is 1.24 bits per heavy atom. The number of nitrogens with one attached hydrogen (secondary N) is 1. The van der Waals surface area contributed by atoms with Crippen molar-refractivity contribution in [3.05, 3.63) is 63.6 Å². The third kappa shape index (κ3) is 6.62. The van der Waals surface area contributed by atoms with E-state index in [0.29, 0.717) is 12.2 Å². The molecule has 0 aliphatic carbocycles. The van der Waals surface area contributed by atoms with E-state index < -0.39 is 12.1 Å². The summed E-state index contributed by atoms with van der Waals surface area (Å²) in [4.78, 5) is 25.1. The predicted molar refractivity (Wildman–Crippen MR) is 116 cm³/mol. The van der Waals surface area contributed by atoms with Crippen molar-refractivity contribution in [1.29, 1.82) is 0 Å². The molecule has 4 rings (SSSR count). The number of hydrogen-bond acceptors (Lipinski definition) is 6. The second-order valence-electron chi connectivity index (χ2n) is 7.20. The van der Waals surface area contributed by atoms with Crippen molar-refractivity contribution in [2.45, 2.75) is 32.6 Å². The maximum Gasteiger partial charge on any atom is 0.490 e. The number of amides is 1. The molecule has 0 saturated carbocycles. The highest BCUT2D eigenvalue weighted by Gasteiger charge is 2.38. The van der Waals surface area contributed by atoms with Crippen molar-refractivity contribution in [2.75, 3.05) is 18.4 Å². The number of carbonyl (C=O) groups excluding carboxylic acids is 1. The van der Waals surface area contributed by atoms with Gasteiger partial charge in [-0.3, -0.25) is 9.69 Å². The molecule has 33 heavy (non-hydrogen) atoms. The molecule has 0 atom stereocenters. The largest absolute Gasteiger partial charge is 0.490 e. The standard InChI is InChI=1S/C19H21N5OS.C2HF3O2/c1-2-23-9-8-16-14(11-23)5-3-7-17(16)20-19(25)18-13-24(22-21-18)12-15-6-4-10-26-15;3-2(4,5)1(6)7/h3-7,10,13H,2,8-9,11-12H2,1H3,(H,20,25);(H,6,7). The molecule has 2 N–H and O–H groups in total. The van der Waals surface area contributed by atoms with Crippen molar-refractivity contribution in [3.63, 3.8) is 0 Å². The van der Waals surface area contributed by atoms with E-state index in [0.717, 1.165) is 31.7 Å². The molecule has 12 heteroatoms. The molecule has 0 saturated heterocycles. The van der Waals surface area contributed by atoms with Crippen LogP contribution < -0.4 is 5.32 Å². The Morgan fingerprint density at radius 2 is 2.00 bits per heavy atom. The Balaban J connectivity index is 0.000000383. The lowest BCUT2D eigenvalue weighted by molar-refractivity contribution is -0.192. The summed E-state index contributed by atoms with van der Waals surface area (Å²) in [5.74, 6) is -2.97. The number of carboxylic acids is 1. The molecule has 2 aromatic heterocycles. The molecule has 1 aliphatic heterocycles. The number of halogens is 3. The summed E-state index contributed by atoms with van der Waals surface area (Å²) < 4.78 is 33.4. The average molecular weight is 482 g/mol. The highest BCUT2D eigenvalue weighted by molar-refractivity contribution is 7.09. The quantitative estimate of drug-likeness (QED) is 0.577. The third-order valence-electron chi connectivity index (χ3n) is 4.95. The van der Waals surface area contributed by atoms with Crippen molar-refractivity contribution in [2.24, 2.45) is 0 Å². The molecule has 0 bridgehead atoms. The minimum absolute atomic E-state index is 0.214. The van der Waals surface area contributed by atoms with E-state index >= 15 is 0 Å². The smallest absolute Gasteiger partial charge is 0.475 e. The van der Waals surface area contributed by atoms with Crippen LogP contribution in [0.4, 0.5) is 18.9 Å². The fourth-order valence-electron chi connectivity index (χ4n) is 3.28. The van der Waals surface area contributed by atoms with Gasteiger partial charge in [0.25, 0.3) is 5.91 Å². The number of aliphatic carboxylic acids is 1. The molecular formula is C21H22F3N5O3S.